The molecule has 0 bridgehead atoms. The molecule has 0 amide bonds. The van der Waals surface area contributed by atoms with E-state index in [2.05, 4.69) is 29.3 Å². The fraction of sp³-hybridized carbons (Fsp3) is 0.273. The van der Waals surface area contributed by atoms with E-state index in [0.29, 0.717) is 0 Å². The summed E-state index contributed by atoms with van der Waals surface area (Å²) in [6, 6.07) is 22.5. The Kier molecular flexibility index (Phi) is 4.82. The maximum atomic E-state index is 4.87. The van der Waals surface area contributed by atoms with Gasteiger partial charge in [0.1, 0.15) is 5.82 Å². The first-order chi connectivity index (χ1) is 12.8. The second kappa shape index (κ2) is 7.56. The maximum Gasteiger partial charge on any atom is 0.227 e. The van der Waals surface area contributed by atoms with Crippen LogP contribution in [0, 0.1) is 5.92 Å². The molecule has 1 fully saturated rings. The van der Waals surface area contributed by atoms with Gasteiger partial charge in [-0.2, -0.15) is 4.98 Å². The largest absolute Gasteiger partial charge is 0.341 e. The van der Waals surface area contributed by atoms with Crippen LogP contribution in [0.15, 0.2) is 66.7 Å². The summed E-state index contributed by atoms with van der Waals surface area (Å²) >= 11 is 0. The zero-order valence-electron chi connectivity index (χ0n) is 15.1. The molecule has 2 aromatic carbocycles. The van der Waals surface area contributed by atoms with Crippen molar-refractivity contribution in [3.05, 3.63) is 66.7 Å². The lowest BCUT2D eigenvalue weighted by molar-refractivity contribution is 0.434. The summed E-state index contributed by atoms with van der Waals surface area (Å²) in [7, 11) is 0. The van der Waals surface area contributed by atoms with Crippen LogP contribution in [0.4, 0.5) is 17.5 Å². The third-order valence-electron chi connectivity index (χ3n) is 4.90. The Labute approximate surface area is 154 Å². The molecule has 0 unspecified atom stereocenters. The van der Waals surface area contributed by atoms with Crippen molar-refractivity contribution in [1.29, 1.82) is 0 Å². The van der Waals surface area contributed by atoms with E-state index in [1.807, 2.05) is 54.6 Å². The Morgan fingerprint density at radius 3 is 2.23 bits per heavy atom. The van der Waals surface area contributed by atoms with E-state index in [4.69, 9.17) is 9.97 Å². The molecule has 1 saturated heterocycles. The molecule has 1 aliphatic heterocycles. The Hall–Kier alpha value is -2.88. The SMILES string of the molecule is CC1CCN(c2nc(Nc3ccccc3)cc(-c3ccccc3)n2)CC1. The first-order valence-corrected chi connectivity index (χ1v) is 9.29. The van der Waals surface area contributed by atoms with Crippen LogP contribution in [0.1, 0.15) is 19.8 Å². The number of rotatable bonds is 4. The third-order valence-corrected chi connectivity index (χ3v) is 4.90. The van der Waals surface area contributed by atoms with Crippen LogP contribution in [-0.4, -0.2) is 23.1 Å². The second-order valence-corrected chi connectivity index (χ2v) is 6.97. The topological polar surface area (TPSA) is 41.1 Å². The number of nitrogens with one attached hydrogen (secondary N) is 1. The van der Waals surface area contributed by atoms with Crippen molar-refractivity contribution in [3.63, 3.8) is 0 Å². The fourth-order valence-electron chi connectivity index (χ4n) is 3.27. The lowest BCUT2D eigenvalue weighted by Gasteiger charge is -2.30. The molecule has 1 aromatic heterocycles. The van der Waals surface area contributed by atoms with Gasteiger partial charge in [0.15, 0.2) is 0 Å². The molecule has 4 nitrogen and oxygen atoms in total. The predicted octanol–water partition coefficient (Wildman–Crippen LogP) is 5.12. The van der Waals surface area contributed by atoms with Gasteiger partial charge in [-0.05, 0) is 30.9 Å². The van der Waals surface area contributed by atoms with Crippen LogP contribution >= 0.6 is 0 Å². The Balaban J connectivity index is 1.69. The molecule has 0 atom stereocenters. The number of benzene rings is 2. The van der Waals surface area contributed by atoms with Gasteiger partial charge in [-0.25, -0.2) is 4.98 Å². The van der Waals surface area contributed by atoms with Gasteiger partial charge in [-0.15, -0.1) is 0 Å². The highest BCUT2D eigenvalue weighted by Crippen LogP contribution is 2.27. The molecule has 3 aromatic rings. The quantitative estimate of drug-likeness (QED) is 0.713. The fourth-order valence-corrected chi connectivity index (χ4v) is 3.27. The number of hydrogen-bond acceptors (Lipinski definition) is 4. The molecule has 2 heterocycles. The van der Waals surface area contributed by atoms with Crippen LogP contribution in [0.5, 0.6) is 0 Å². The summed E-state index contributed by atoms with van der Waals surface area (Å²) < 4.78 is 0. The highest BCUT2D eigenvalue weighted by molar-refractivity contribution is 5.67. The van der Waals surface area contributed by atoms with Crippen LogP contribution in [-0.2, 0) is 0 Å². The first-order valence-electron chi connectivity index (χ1n) is 9.29. The highest BCUT2D eigenvalue weighted by atomic mass is 15.3. The van der Waals surface area contributed by atoms with Crippen molar-refractivity contribution < 1.29 is 0 Å². The number of aromatic nitrogens is 2. The summed E-state index contributed by atoms with van der Waals surface area (Å²) in [6.07, 6.45) is 2.39. The van der Waals surface area contributed by atoms with Crippen molar-refractivity contribution in [3.8, 4) is 11.3 Å². The number of piperidine rings is 1. The average Bonchev–Trinajstić information content (AvgIpc) is 2.70. The summed E-state index contributed by atoms with van der Waals surface area (Å²) in [5.41, 5.74) is 3.09. The van der Waals surface area contributed by atoms with Gasteiger partial charge >= 0.3 is 0 Å². The van der Waals surface area contributed by atoms with Crippen molar-refractivity contribution in [2.24, 2.45) is 5.92 Å². The number of anilines is 3. The monoisotopic (exact) mass is 344 g/mol. The van der Waals surface area contributed by atoms with Gasteiger partial charge in [0.2, 0.25) is 5.95 Å². The lowest BCUT2D eigenvalue weighted by Crippen LogP contribution is -2.34. The minimum atomic E-state index is 0.783. The van der Waals surface area contributed by atoms with E-state index in [1.165, 1.54) is 12.8 Å². The molecule has 4 rings (SSSR count). The predicted molar refractivity (Wildman–Crippen MR) is 108 cm³/mol. The molecule has 4 heteroatoms. The van der Waals surface area contributed by atoms with Crippen molar-refractivity contribution in [2.75, 3.05) is 23.3 Å². The summed E-state index contributed by atoms with van der Waals surface area (Å²) in [5.74, 6) is 2.43. The second-order valence-electron chi connectivity index (χ2n) is 6.97. The van der Waals surface area contributed by atoms with Crippen LogP contribution in [0.25, 0.3) is 11.3 Å². The third kappa shape index (κ3) is 3.85. The molecule has 0 saturated carbocycles. The normalized spacial score (nSPS) is 15.0. The molecule has 0 spiro atoms. The van der Waals surface area contributed by atoms with Crippen LogP contribution in [0.3, 0.4) is 0 Å². The van der Waals surface area contributed by atoms with Crippen molar-refractivity contribution in [1.82, 2.24) is 9.97 Å². The molecule has 0 radical (unpaired) electrons. The van der Waals surface area contributed by atoms with Gasteiger partial charge < -0.3 is 10.2 Å². The molecule has 0 aliphatic carbocycles. The Bertz CT molecular complexity index is 841. The summed E-state index contributed by atoms with van der Waals surface area (Å²) in [4.78, 5) is 12.0. The Morgan fingerprint density at radius 2 is 1.54 bits per heavy atom. The zero-order valence-corrected chi connectivity index (χ0v) is 15.1. The molecule has 1 N–H and O–H groups in total. The van der Waals surface area contributed by atoms with E-state index in [9.17, 15) is 0 Å². The number of para-hydroxylation sites is 1. The molecule has 26 heavy (non-hydrogen) atoms. The van der Waals surface area contributed by atoms with E-state index >= 15 is 0 Å². The van der Waals surface area contributed by atoms with E-state index < -0.39 is 0 Å². The van der Waals surface area contributed by atoms with Crippen LogP contribution < -0.4 is 10.2 Å². The van der Waals surface area contributed by atoms with Gasteiger partial charge in [0, 0.05) is 30.4 Å². The molecular weight excluding hydrogens is 320 g/mol. The minimum absolute atomic E-state index is 0.783. The van der Waals surface area contributed by atoms with Gasteiger partial charge in [0.05, 0.1) is 5.69 Å². The van der Waals surface area contributed by atoms with E-state index in [-0.39, 0.29) is 0 Å². The van der Waals surface area contributed by atoms with E-state index in [1.54, 1.807) is 0 Å². The van der Waals surface area contributed by atoms with Crippen molar-refractivity contribution in [2.45, 2.75) is 19.8 Å². The van der Waals surface area contributed by atoms with Crippen molar-refractivity contribution >= 4 is 17.5 Å². The smallest absolute Gasteiger partial charge is 0.227 e. The Morgan fingerprint density at radius 1 is 0.885 bits per heavy atom. The number of hydrogen-bond donors (Lipinski definition) is 1. The zero-order chi connectivity index (χ0) is 17.8. The van der Waals surface area contributed by atoms with Gasteiger partial charge in [0.25, 0.3) is 0 Å². The standard InChI is InChI=1S/C22H24N4/c1-17-12-14-26(15-13-17)22-24-20(18-8-4-2-5-9-18)16-21(25-22)23-19-10-6-3-7-11-19/h2-11,16-17H,12-15H2,1H3,(H,23,24,25). The summed E-state index contributed by atoms with van der Waals surface area (Å²) in [6.45, 7) is 4.36. The number of nitrogens with zero attached hydrogens (tertiary/aromatic N) is 3. The lowest BCUT2D eigenvalue weighted by atomic mass is 10.00. The summed E-state index contributed by atoms with van der Waals surface area (Å²) in [5, 5.41) is 3.42. The average molecular weight is 344 g/mol. The van der Waals surface area contributed by atoms with Gasteiger partial charge in [-0.3, -0.25) is 0 Å². The molecule has 132 valence electrons. The van der Waals surface area contributed by atoms with E-state index in [0.717, 1.165) is 47.7 Å². The first kappa shape index (κ1) is 16.6. The van der Waals surface area contributed by atoms with Crippen LogP contribution in [0.2, 0.25) is 0 Å². The maximum absolute atomic E-state index is 4.87. The van der Waals surface area contributed by atoms with Gasteiger partial charge in [-0.1, -0.05) is 55.5 Å². The minimum Gasteiger partial charge on any atom is -0.341 e. The molecular formula is C22H24N4. The molecule has 1 aliphatic rings. The highest BCUT2D eigenvalue weighted by Gasteiger charge is 2.19.